The van der Waals surface area contributed by atoms with E-state index in [1.807, 2.05) is 19.2 Å². The number of aliphatic hydroxyl groups excluding tert-OH is 1. The molecule has 1 unspecified atom stereocenters. The van der Waals surface area contributed by atoms with Crippen LogP contribution >= 0.6 is 11.6 Å². The van der Waals surface area contributed by atoms with Crippen LogP contribution in [0.4, 0.5) is 0 Å². The first-order valence-corrected chi connectivity index (χ1v) is 19.0. The highest BCUT2D eigenvalue weighted by Crippen LogP contribution is 2.37. The van der Waals surface area contributed by atoms with Crippen molar-refractivity contribution in [1.29, 1.82) is 5.26 Å². The SMILES string of the molecule is CNCC(CC=O)NCc1ccc(-c2cccc(-c3cccc(COc4cc(OCc5cncc(C#N)c5)c(CN[C@@](C)(CO)C(=O)O)cc4Cl)c3C)c2C)cc1. The minimum absolute atomic E-state index is 0.0238. The molecule has 0 saturated carbocycles. The van der Waals surface area contributed by atoms with Gasteiger partial charge < -0.3 is 35.1 Å². The quantitative estimate of drug-likeness (QED) is 0.0521. The molecule has 0 spiro atoms. The first-order chi connectivity index (χ1) is 27.5. The van der Waals surface area contributed by atoms with Gasteiger partial charge in [-0.25, -0.2) is 0 Å². The van der Waals surface area contributed by atoms with Gasteiger partial charge in [0.25, 0.3) is 0 Å². The van der Waals surface area contributed by atoms with E-state index in [1.54, 1.807) is 24.4 Å². The van der Waals surface area contributed by atoms with Crippen LogP contribution in [-0.2, 0) is 35.9 Å². The maximum atomic E-state index is 11.8. The number of rotatable bonds is 20. The Morgan fingerprint density at radius 2 is 1.61 bits per heavy atom. The van der Waals surface area contributed by atoms with Gasteiger partial charge in [-0.3, -0.25) is 15.1 Å². The molecule has 0 aliphatic carbocycles. The first kappa shape index (κ1) is 42.5. The number of carboxylic acids is 1. The summed E-state index contributed by atoms with van der Waals surface area (Å²) in [6.45, 7) is 6.66. The second kappa shape index (κ2) is 20.0. The zero-order valence-corrected chi connectivity index (χ0v) is 33.3. The Labute approximate surface area is 338 Å². The number of nitriles is 1. The van der Waals surface area contributed by atoms with Crippen molar-refractivity contribution in [3.05, 3.63) is 135 Å². The summed E-state index contributed by atoms with van der Waals surface area (Å²) < 4.78 is 12.5. The van der Waals surface area contributed by atoms with Crippen LogP contribution in [0, 0.1) is 25.2 Å². The van der Waals surface area contributed by atoms with Crippen molar-refractivity contribution in [3.8, 4) is 39.8 Å². The molecule has 1 heterocycles. The van der Waals surface area contributed by atoms with E-state index in [0.29, 0.717) is 52.7 Å². The summed E-state index contributed by atoms with van der Waals surface area (Å²) >= 11 is 6.76. The Kier molecular flexibility index (Phi) is 14.9. The molecular formula is C45H48ClN5O6. The minimum Gasteiger partial charge on any atom is -0.488 e. The third-order valence-corrected chi connectivity index (χ3v) is 10.3. The van der Waals surface area contributed by atoms with Gasteiger partial charge >= 0.3 is 5.97 Å². The van der Waals surface area contributed by atoms with E-state index >= 15 is 0 Å². The topological polar surface area (TPSA) is 166 Å². The number of hydrogen-bond acceptors (Lipinski definition) is 10. The molecule has 5 N–H and O–H groups in total. The Morgan fingerprint density at radius 1 is 0.912 bits per heavy atom. The standard InChI is InChI=1S/C45H48ClN5O6/c1-29-35(7-5-9-39(29)40-10-6-8-38(30(40)2)34-13-11-31(12-14-34)23-50-37(15-16-52)25-48-4)27-57-43-19-42(56-26-33-17-32(20-47)21-49-22-33)36(18-41(43)46)24-51-45(3,28-53)44(54)55/h5-14,16-19,21-22,37,48,50-51,53H,15,23-28H2,1-4H3,(H,54,55)/t37?,45-/m0/s1. The number of aldehydes is 1. The zero-order chi connectivity index (χ0) is 41.0. The fraction of sp³-hybridized carbons (Fsp3) is 0.289. The Morgan fingerprint density at radius 3 is 2.30 bits per heavy atom. The van der Waals surface area contributed by atoms with E-state index < -0.39 is 18.1 Å². The van der Waals surface area contributed by atoms with Crippen molar-refractivity contribution in [3.63, 3.8) is 0 Å². The summed E-state index contributed by atoms with van der Waals surface area (Å²) in [5.74, 6) is -0.458. The molecule has 0 fully saturated rings. The molecule has 2 atom stereocenters. The lowest BCUT2D eigenvalue weighted by molar-refractivity contribution is -0.145. The van der Waals surface area contributed by atoms with Crippen LogP contribution in [0.1, 0.15) is 52.3 Å². The van der Waals surface area contributed by atoms with Crippen LogP contribution in [0.2, 0.25) is 5.02 Å². The van der Waals surface area contributed by atoms with Crippen LogP contribution in [0.5, 0.6) is 11.5 Å². The molecule has 296 valence electrons. The highest BCUT2D eigenvalue weighted by Gasteiger charge is 2.32. The molecule has 0 bridgehead atoms. The van der Waals surface area contributed by atoms with E-state index in [0.717, 1.165) is 50.8 Å². The molecule has 0 saturated heterocycles. The normalized spacial score (nSPS) is 12.6. The van der Waals surface area contributed by atoms with Crippen molar-refractivity contribution >= 4 is 23.9 Å². The molecule has 5 aromatic rings. The van der Waals surface area contributed by atoms with Gasteiger partial charge in [-0.2, -0.15) is 5.26 Å². The molecule has 12 heteroatoms. The first-order valence-electron chi connectivity index (χ1n) is 18.6. The van der Waals surface area contributed by atoms with Crippen molar-refractivity contribution in [2.75, 3.05) is 20.2 Å². The Balaban J connectivity index is 1.36. The third kappa shape index (κ3) is 10.8. The Bertz CT molecular complexity index is 2220. The predicted octanol–water partition coefficient (Wildman–Crippen LogP) is 6.91. The number of hydrogen-bond donors (Lipinski definition) is 5. The van der Waals surface area contributed by atoms with Gasteiger partial charge in [-0.05, 0) is 84.5 Å². The van der Waals surface area contributed by atoms with E-state index in [1.165, 1.54) is 13.1 Å². The van der Waals surface area contributed by atoms with Gasteiger partial charge in [0.1, 0.15) is 42.6 Å². The summed E-state index contributed by atoms with van der Waals surface area (Å²) in [6, 6.07) is 28.1. The van der Waals surface area contributed by atoms with Crippen molar-refractivity contribution in [2.24, 2.45) is 0 Å². The highest BCUT2D eigenvalue weighted by atomic mass is 35.5. The van der Waals surface area contributed by atoms with E-state index in [-0.39, 0.29) is 25.8 Å². The van der Waals surface area contributed by atoms with Crippen molar-refractivity contribution < 1.29 is 29.3 Å². The van der Waals surface area contributed by atoms with E-state index in [9.17, 15) is 25.1 Å². The van der Waals surface area contributed by atoms with Crippen LogP contribution in [-0.4, -0.2) is 59.2 Å². The number of carboxylic acid groups (broad SMARTS) is 1. The van der Waals surface area contributed by atoms with Crippen LogP contribution in [0.25, 0.3) is 22.3 Å². The fourth-order valence-electron chi connectivity index (χ4n) is 6.43. The number of benzene rings is 4. The summed E-state index contributed by atoms with van der Waals surface area (Å²) in [5.41, 5.74) is 8.74. The van der Waals surface area contributed by atoms with Crippen LogP contribution < -0.4 is 25.4 Å². The zero-order valence-electron chi connectivity index (χ0n) is 32.6. The summed E-state index contributed by atoms with van der Waals surface area (Å²) in [6.07, 6.45) is 4.46. The summed E-state index contributed by atoms with van der Waals surface area (Å²) in [7, 11) is 1.88. The molecule has 0 aliphatic rings. The monoisotopic (exact) mass is 789 g/mol. The summed E-state index contributed by atoms with van der Waals surface area (Å²) in [5, 5.41) is 38.5. The van der Waals surface area contributed by atoms with Crippen LogP contribution in [0.15, 0.2) is 91.3 Å². The number of pyridine rings is 1. The second-order valence-electron chi connectivity index (χ2n) is 14.1. The minimum atomic E-state index is -1.60. The molecule has 0 radical (unpaired) electrons. The largest absolute Gasteiger partial charge is 0.488 e. The fourth-order valence-corrected chi connectivity index (χ4v) is 6.67. The molecular weight excluding hydrogens is 742 g/mol. The molecule has 5 rings (SSSR count). The Hall–Kier alpha value is -5.61. The number of carbonyl (C=O) groups is 2. The number of nitrogens with zero attached hydrogens (tertiary/aromatic N) is 2. The van der Waals surface area contributed by atoms with E-state index in [4.69, 9.17) is 21.1 Å². The number of ether oxygens (including phenoxy) is 2. The third-order valence-electron chi connectivity index (χ3n) is 10.0. The molecule has 1 aromatic heterocycles. The van der Waals surface area contributed by atoms with Crippen molar-refractivity contribution in [1.82, 2.24) is 20.9 Å². The maximum Gasteiger partial charge on any atom is 0.326 e. The number of halogens is 1. The number of nitrogens with one attached hydrogen (secondary N) is 3. The maximum absolute atomic E-state index is 11.8. The number of aliphatic hydroxyl groups is 1. The average molecular weight is 790 g/mol. The number of aliphatic carboxylic acids is 1. The molecule has 0 amide bonds. The number of aromatic nitrogens is 1. The van der Waals surface area contributed by atoms with Gasteiger partial charge in [0.05, 0.1) is 17.2 Å². The molecule has 0 aliphatic heterocycles. The van der Waals surface area contributed by atoms with E-state index in [2.05, 4.69) is 89.4 Å². The van der Waals surface area contributed by atoms with Gasteiger partial charge in [0.2, 0.25) is 0 Å². The van der Waals surface area contributed by atoms with Crippen LogP contribution in [0.3, 0.4) is 0 Å². The average Bonchev–Trinajstić information content (AvgIpc) is 3.22. The molecule has 57 heavy (non-hydrogen) atoms. The van der Waals surface area contributed by atoms with Gasteiger partial charge in [0.15, 0.2) is 0 Å². The predicted molar refractivity (Wildman–Crippen MR) is 221 cm³/mol. The lowest BCUT2D eigenvalue weighted by Crippen LogP contribution is -2.52. The van der Waals surface area contributed by atoms with Gasteiger partial charge in [-0.15, -0.1) is 0 Å². The van der Waals surface area contributed by atoms with Gasteiger partial charge in [0, 0.05) is 61.7 Å². The highest BCUT2D eigenvalue weighted by molar-refractivity contribution is 6.32. The second-order valence-corrected chi connectivity index (χ2v) is 14.5. The number of likely N-dealkylation sites (N-methyl/N-ethyl adjacent to an activating group) is 1. The lowest BCUT2D eigenvalue weighted by Gasteiger charge is -2.25. The summed E-state index contributed by atoms with van der Waals surface area (Å²) in [4.78, 5) is 27.0. The smallest absolute Gasteiger partial charge is 0.326 e. The molecule has 4 aromatic carbocycles. The van der Waals surface area contributed by atoms with Crippen molar-refractivity contribution in [2.45, 2.75) is 65.1 Å². The molecule has 11 nitrogen and oxygen atoms in total. The number of carbonyl (C=O) groups excluding carboxylic acids is 1. The van der Waals surface area contributed by atoms with Gasteiger partial charge in [-0.1, -0.05) is 72.3 Å². The lowest BCUT2D eigenvalue weighted by atomic mass is 9.89.